The third kappa shape index (κ3) is 4.33. The van der Waals surface area contributed by atoms with Gasteiger partial charge in [-0.2, -0.15) is 0 Å². The molecule has 0 spiro atoms. The van der Waals surface area contributed by atoms with Crippen LogP contribution in [-0.4, -0.2) is 0 Å². The van der Waals surface area contributed by atoms with E-state index in [-0.39, 0.29) is 5.41 Å². The van der Waals surface area contributed by atoms with Crippen molar-refractivity contribution in [3.8, 4) is 22.3 Å². The molecule has 0 bridgehead atoms. The standard InChI is InChI=1S/C49H35N/c1-49(2)46-20-8-7-18-44(46)45-31-39(26-28-47(45)49)50(37-15-9-14-35(29-37)41-19-10-13-32-11-3-5-16-40(32)41)38-25-27-43-36(30-38)24-23-34-22-21-33-12-4-6-17-42(33)48(34)43/h3-31H,1-2H3. The van der Waals surface area contributed by atoms with Crippen molar-refractivity contribution in [3.63, 3.8) is 0 Å². The van der Waals surface area contributed by atoms with E-state index in [9.17, 15) is 0 Å². The van der Waals surface area contributed by atoms with Crippen LogP contribution in [0.4, 0.5) is 17.1 Å². The second-order valence-electron chi connectivity index (χ2n) is 14.2. The summed E-state index contributed by atoms with van der Waals surface area (Å²) >= 11 is 0. The smallest absolute Gasteiger partial charge is 0.0468 e. The van der Waals surface area contributed by atoms with Crippen molar-refractivity contribution in [3.05, 3.63) is 187 Å². The summed E-state index contributed by atoms with van der Waals surface area (Å²) in [5, 5.41) is 10.2. The van der Waals surface area contributed by atoms with Crippen LogP contribution in [0.25, 0.3) is 65.3 Å². The molecule has 9 aromatic carbocycles. The van der Waals surface area contributed by atoms with Crippen molar-refractivity contribution in [2.75, 3.05) is 4.90 Å². The van der Waals surface area contributed by atoms with Crippen molar-refractivity contribution in [1.82, 2.24) is 0 Å². The van der Waals surface area contributed by atoms with Crippen LogP contribution in [0.5, 0.6) is 0 Å². The summed E-state index contributed by atoms with van der Waals surface area (Å²) in [6, 6.07) is 65.1. The first-order valence-electron chi connectivity index (χ1n) is 17.5. The van der Waals surface area contributed by atoms with E-state index in [1.165, 1.54) is 76.5 Å². The maximum atomic E-state index is 2.44. The highest BCUT2D eigenvalue weighted by Gasteiger charge is 2.35. The summed E-state index contributed by atoms with van der Waals surface area (Å²) in [5.41, 5.74) is 11.2. The summed E-state index contributed by atoms with van der Waals surface area (Å²) in [7, 11) is 0. The number of benzene rings is 9. The molecule has 0 N–H and O–H groups in total. The summed E-state index contributed by atoms with van der Waals surface area (Å²) in [4.78, 5) is 2.44. The van der Waals surface area contributed by atoms with Gasteiger partial charge in [0, 0.05) is 22.5 Å². The highest BCUT2D eigenvalue weighted by Crippen LogP contribution is 2.51. The van der Waals surface area contributed by atoms with E-state index >= 15 is 0 Å². The van der Waals surface area contributed by atoms with Crippen molar-refractivity contribution in [1.29, 1.82) is 0 Å². The average Bonchev–Trinajstić information content (AvgIpc) is 3.40. The Morgan fingerprint density at radius 1 is 0.360 bits per heavy atom. The molecule has 10 rings (SSSR count). The lowest BCUT2D eigenvalue weighted by Crippen LogP contribution is -2.15. The second kappa shape index (κ2) is 10.9. The van der Waals surface area contributed by atoms with E-state index in [0.29, 0.717) is 0 Å². The van der Waals surface area contributed by atoms with Crippen LogP contribution in [0.3, 0.4) is 0 Å². The number of hydrogen-bond acceptors (Lipinski definition) is 1. The van der Waals surface area contributed by atoms with Gasteiger partial charge in [0.15, 0.2) is 0 Å². The molecule has 0 unspecified atom stereocenters. The summed E-state index contributed by atoms with van der Waals surface area (Å²) < 4.78 is 0. The maximum Gasteiger partial charge on any atom is 0.0468 e. The maximum absolute atomic E-state index is 2.44. The summed E-state index contributed by atoms with van der Waals surface area (Å²) in [6.45, 7) is 4.69. The predicted octanol–water partition coefficient (Wildman–Crippen LogP) is 13.7. The fourth-order valence-electron chi connectivity index (χ4n) is 8.55. The number of nitrogens with zero attached hydrogens (tertiary/aromatic N) is 1. The molecule has 1 aliphatic carbocycles. The molecule has 1 nitrogen and oxygen atoms in total. The predicted molar refractivity (Wildman–Crippen MR) is 214 cm³/mol. The molecule has 0 aliphatic heterocycles. The van der Waals surface area contributed by atoms with Gasteiger partial charge in [-0.3, -0.25) is 0 Å². The topological polar surface area (TPSA) is 3.24 Å². The molecular formula is C49H35N. The van der Waals surface area contributed by atoms with E-state index in [2.05, 4.69) is 195 Å². The van der Waals surface area contributed by atoms with Gasteiger partial charge < -0.3 is 4.90 Å². The zero-order valence-electron chi connectivity index (χ0n) is 28.2. The van der Waals surface area contributed by atoms with Gasteiger partial charge in [0.05, 0.1) is 0 Å². The van der Waals surface area contributed by atoms with Gasteiger partial charge in [-0.25, -0.2) is 0 Å². The minimum atomic E-state index is -0.0453. The largest absolute Gasteiger partial charge is 0.310 e. The molecule has 0 aromatic heterocycles. The summed E-state index contributed by atoms with van der Waals surface area (Å²) in [6.07, 6.45) is 0. The second-order valence-corrected chi connectivity index (χ2v) is 14.2. The van der Waals surface area contributed by atoms with Crippen molar-refractivity contribution in [2.24, 2.45) is 0 Å². The van der Waals surface area contributed by atoms with Crippen LogP contribution in [-0.2, 0) is 5.41 Å². The third-order valence-corrected chi connectivity index (χ3v) is 11.0. The highest BCUT2D eigenvalue weighted by atomic mass is 15.1. The molecule has 0 radical (unpaired) electrons. The molecule has 236 valence electrons. The summed E-state index contributed by atoms with van der Waals surface area (Å²) in [5.74, 6) is 0. The first kappa shape index (κ1) is 28.8. The zero-order valence-corrected chi connectivity index (χ0v) is 28.2. The van der Waals surface area contributed by atoms with Gasteiger partial charge in [-0.1, -0.05) is 153 Å². The van der Waals surface area contributed by atoms with Crippen molar-refractivity contribution in [2.45, 2.75) is 19.3 Å². The Bertz CT molecular complexity index is 2800. The average molecular weight is 638 g/mol. The first-order chi connectivity index (χ1) is 24.5. The minimum absolute atomic E-state index is 0.0453. The van der Waals surface area contributed by atoms with Gasteiger partial charge in [0.2, 0.25) is 0 Å². The SMILES string of the molecule is CC1(C)c2ccccc2-c2cc(N(c3cccc(-c4cccc5ccccc45)c3)c3ccc4c(ccc5ccc6ccccc6c54)c3)ccc21. The molecule has 0 fully saturated rings. The lowest BCUT2D eigenvalue weighted by molar-refractivity contribution is 0.660. The van der Waals surface area contributed by atoms with Gasteiger partial charge >= 0.3 is 0 Å². The lowest BCUT2D eigenvalue weighted by atomic mass is 9.82. The quantitative estimate of drug-likeness (QED) is 0.174. The molecule has 0 saturated carbocycles. The van der Waals surface area contributed by atoms with Gasteiger partial charge in [0.1, 0.15) is 0 Å². The lowest BCUT2D eigenvalue weighted by Gasteiger charge is -2.28. The minimum Gasteiger partial charge on any atom is -0.310 e. The Morgan fingerprint density at radius 2 is 0.940 bits per heavy atom. The van der Waals surface area contributed by atoms with Gasteiger partial charge in [0.25, 0.3) is 0 Å². The molecule has 1 aliphatic rings. The van der Waals surface area contributed by atoms with Gasteiger partial charge in [-0.15, -0.1) is 0 Å². The molecule has 50 heavy (non-hydrogen) atoms. The van der Waals surface area contributed by atoms with Crippen LogP contribution in [0, 0.1) is 0 Å². The zero-order chi connectivity index (χ0) is 33.4. The van der Waals surface area contributed by atoms with Crippen LogP contribution in [0.1, 0.15) is 25.0 Å². The fraction of sp³-hybridized carbons (Fsp3) is 0.0612. The van der Waals surface area contributed by atoms with Crippen molar-refractivity contribution < 1.29 is 0 Å². The van der Waals surface area contributed by atoms with Crippen LogP contribution in [0.2, 0.25) is 0 Å². The Kier molecular flexibility index (Phi) is 6.29. The normalized spacial score (nSPS) is 13.2. The molecule has 0 amide bonds. The number of anilines is 3. The Balaban J connectivity index is 1.20. The number of fused-ring (bicyclic) bond motifs is 9. The molecule has 9 aromatic rings. The molecule has 1 heteroatoms. The monoisotopic (exact) mass is 637 g/mol. The number of hydrogen-bond donors (Lipinski definition) is 0. The Hall–Kier alpha value is -6.18. The van der Waals surface area contributed by atoms with E-state index in [0.717, 1.165) is 17.1 Å². The van der Waals surface area contributed by atoms with E-state index < -0.39 is 0 Å². The fourth-order valence-corrected chi connectivity index (χ4v) is 8.55. The van der Waals surface area contributed by atoms with Crippen LogP contribution < -0.4 is 4.90 Å². The van der Waals surface area contributed by atoms with E-state index in [1.807, 2.05) is 0 Å². The van der Waals surface area contributed by atoms with Crippen molar-refractivity contribution >= 4 is 60.2 Å². The molecular weight excluding hydrogens is 603 g/mol. The van der Waals surface area contributed by atoms with Crippen LogP contribution >= 0.6 is 0 Å². The molecule has 0 atom stereocenters. The van der Waals surface area contributed by atoms with Crippen LogP contribution in [0.15, 0.2) is 176 Å². The first-order valence-corrected chi connectivity index (χ1v) is 17.5. The number of rotatable bonds is 4. The molecule has 0 saturated heterocycles. The molecule has 0 heterocycles. The van der Waals surface area contributed by atoms with Gasteiger partial charge in [-0.05, 0) is 113 Å². The Morgan fingerprint density at radius 3 is 1.82 bits per heavy atom. The van der Waals surface area contributed by atoms with E-state index in [4.69, 9.17) is 0 Å². The third-order valence-electron chi connectivity index (χ3n) is 11.0. The highest BCUT2D eigenvalue weighted by molar-refractivity contribution is 6.20. The Labute approximate surface area is 292 Å². The van der Waals surface area contributed by atoms with E-state index in [1.54, 1.807) is 0 Å².